The van der Waals surface area contributed by atoms with Gasteiger partial charge in [-0.05, 0) is 68.1 Å². The molecule has 0 radical (unpaired) electrons. The summed E-state index contributed by atoms with van der Waals surface area (Å²) in [6.07, 6.45) is 0.529. The van der Waals surface area contributed by atoms with E-state index in [1.807, 2.05) is 45.0 Å². The van der Waals surface area contributed by atoms with E-state index in [9.17, 15) is 4.79 Å². The van der Waals surface area contributed by atoms with Gasteiger partial charge in [-0.25, -0.2) is 4.79 Å². The molecular formula is C22H24N2O3. The highest BCUT2D eigenvalue weighted by atomic mass is 16.6. The summed E-state index contributed by atoms with van der Waals surface area (Å²) in [6.45, 7) is 7.24. The first-order valence-electron chi connectivity index (χ1n) is 9.05. The molecule has 0 atom stereocenters. The second kappa shape index (κ2) is 7.71. The third-order valence-corrected chi connectivity index (χ3v) is 4.33. The fourth-order valence-corrected chi connectivity index (χ4v) is 2.95. The van der Waals surface area contributed by atoms with Crippen molar-refractivity contribution in [1.29, 1.82) is 5.26 Å². The average Bonchev–Trinajstić information content (AvgIpc) is 2.64. The van der Waals surface area contributed by atoms with Crippen LogP contribution in [-0.2, 0) is 24.3 Å². The number of hydrogen-bond donors (Lipinski definition) is 0. The second-order valence-electron chi connectivity index (χ2n) is 7.68. The minimum atomic E-state index is -0.497. The molecule has 1 heterocycles. The molecule has 1 aliphatic rings. The van der Waals surface area contributed by atoms with Gasteiger partial charge in [0.2, 0.25) is 0 Å². The maximum atomic E-state index is 12.3. The summed E-state index contributed by atoms with van der Waals surface area (Å²) in [6, 6.07) is 15.5. The number of amides is 1. The third kappa shape index (κ3) is 5.01. The van der Waals surface area contributed by atoms with Crippen molar-refractivity contribution >= 4 is 6.09 Å². The molecule has 5 heteroatoms. The number of fused-ring (bicyclic) bond motifs is 1. The van der Waals surface area contributed by atoms with E-state index in [2.05, 4.69) is 12.1 Å². The van der Waals surface area contributed by atoms with Crippen LogP contribution in [0, 0.1) is 11.3 Å². The normalized spacial score (nSPS) is 13.5. The molecule has 0 aliphatic carbocycles. The first-order valence-corrected chi connectivity index (χ1v) is 9.05. The van der Waals surface area contributed by atoms with Crippen LogP contribution in [0.1, 0.15) is 43.0 Å². The minimum absolute atomic E-state index is 0.281. The summed E-state index contributed by atoms with van der Waals surface area (Å²) in [7, 11) is 0. The largest absolute Gasteiger partial charge is 0.489 e. The maximum absolute atomic E-state index is 12.3. The Labute approximate surface area is 160 Å². The summed E-state index contributed by atoms with van der Waals surface area (Å²) >= 11 is 0. The Morgan fingerprint density at radius 1 is 1.15 bits per heavy atom. The van der Waals surface area contributed by atoms with E-state index in [1.54, 1.807) is 17.0 Å². The van der Waals surface area contributed by atoms with Crippen molar-refractivity contribution in [1.82, 2.24) is 4.90 Å². The Balaban J connectivity index is 1.64. The lowest BCUT2D eigenvalue weighted by molar-refractivity contribution is 0.0223. The van der Waals surface area contributed by atoms with Crippen molar-refractivity contribution in [2.75, 3.05) is 6.54 Å². The number of nitrogens with zero attached hydrogens (tertiary/aromatic N) is 2. The molecule has 0 bridgehead atoms. The lowest BCUT2D eigenvalue weighted by atomic mass is 10.00. The first-order chi connectivity index (χ1) is 12.8. The molecule has 1 aliphatic heterocycles. The summed E-state index contributed by atoms with van der Waals surface area (Å²) in [4.78, 5) is 14.1. The predicted octanol–water partition coefficient (Wildman–Crippen LogP) is 4.43. The Bertz CT molecular complexity index is 861. The third-order valence-electron chi connectivity index (χ3n) is 4.33. The molecule has 0 aromatic heterocycles. The fourth-order valence-electron chi connectivity index (χ4n) is 2.95. The smallest absolute Gasteiger partial charge is 0.410 e. The van der Waals surface area contributed by atoms with Gasteiger partial charge in [0.1, 0.15) is 18.0 Å². The molecule has 3 rings (SSSR count). The topological polar surface area (TPSA) is 62.6 Å². The van der Waals surface area contributed by atoms with Crippen LogP contribution in [0.3, 0.4) is 0 Å². The maximum Gasteiger partial charge on any atom is 0.410 e. The van der Waals surface area contributed by atoms with Crippen molar-refractivity contribution in [3.63, 3.8) is 0 Å². The lowest BCUT2D eigenvalue weighted by Gasteiger charge is -2.31. The SMILES string of the molecule is CC(C)(C)OC(=O)N1CCc2ccc(OCc3ccc(C#N)cc3)cc2C1. The van der Waals surface area contributed by atoms with Crippen molar-refractivity contribution in [2.45, 2.75) is 45.9 Å². The standard InChI is InChI=1S/C22H24N2O3/c1-22(2,3)27-21(25)24-11-10-18-8-9-20(12-19(18)14-24)26-15-17-6-4-16(13-23)5-7-17/h4-9,12H,10-11,14-15H2,1-3H3. The highest BCUT2D eigenvalue weighted by molar-refractivity contribution is 5.68. The average molecular weight is 364 g/mol. The number of nitriles is 1. The Hall–Kier alpha value is -3.00. The zero-order valence-corrected chi connectivity index (χ0v) is 16.0. The number of carbonyl (C=O) groups is 1. The van der Waals surface area contributed by atoms with Gasteiger partial charge in [0, 0.05) is 13.1 Å². The Morgan fingerprint density at radius 2 is 1.89 bits per heavy atom. The lowest BCUT2D eigenvalue weighted by Crippen LogP contribution is -2.39. The van der Waals surface area contributed by atoms with E-state index in [-0.39, 0.29) is 6.09 Å². The zero-order valence-electron chi connectivity index (χ0n) is 16.0. The number of ether oxygens (including phenoxy) is 2. The van der Waals surface area contributed by atoms with Crippen LogP contribution >= 0.6 is 0 Å². The Kier molecular flexibility index (Phi) is 5.36. The van der Waals surface area contributed by atoms with Gasteiger partial charge >= 0.3 is 6.09 Å². The number of hydrogen-bond acceptors (Lipinski definition) is 4. The highest BCUT2D eigenvalue weighted by Crippen LogP contribution is 2.25. The van der Waals surface area contributed by atoms with Crippen LogP contribution in [0.15, 0.2) is 42.5 Å². The molecule has 0 N–H and O–H groups in total. The molecule has 0 spiro atoms. The van der Waals surface area contributed by atoms with Crippen LogP contribution in [-0.4, -0.2) is 23.1 Å². The molecule has 1 amide bonds. The number of carbonyl (C=O) groups excluding carboxylic acids is 1. The van der Waals surface area contributed by atoms with Crippen molar-refractivity contribution in [3.8, 4) is 11.8 Å². The molecule has 2 aromatic carbocycles. The van der Waals surface area contributed by atoms with Crippen molar-refractivity contribution in [2.24, 2.45) is 0 Å². The van der Waals surface area contributed by atoms with Crippen LogP contribution in [0.25, 0.3) is 0 Å². The quantitative estimate of drug-likeness (QED) is 0.808. The van der Waals surface area contributed by atoms with Gasteiger partial charge in [0.05, 0.1) is 11.6 Å². The second-order valence-corrected chi connectivity index (χ2v) is 7.68. The van der Waals surface area contributed by atoms with Gasteiger partial charge in [-0.1, -0.05) is 18.2 Å². The van der Waals surface area contributed by atoms with Gasteiger partial charge in [0.15, 0.2) is 0 Å². The molecule has 5 nitrogen and oxygen atoms in total. The van der Waals surface area contributed by atoms with E-state index < -0.39 is 5.60 Å². The molecule has 0 saturated heterocycles. The highest BCUT2D eigenvalue weighted by Gasteiger charge is 2.25. The molecule has 27 heavy (non-hydrogen) atoms. The van der Waals surface area contributed by atoms with E-state index >= 15 is 0 Å². The van der Waals surface area contributed by atoms with Crippen LogP contribution in [0.4, 0.5) is 4.79 Å². The van der Waals surface area contributed by atoms with Gasteiger partial charge < -0.3 is 14.4 Å². The number of rotatable bonds is 3. The summed E-state index contributed by atoms with van der Waals surface area (Å²) < 4.78 is 11.4. The monoisotopic (exact) mass is 364 g/mol. The molecule has 0 fully saturated rings. The van der Waals surface area contributed by atoms with Crippen molar-refractivity contribution < 1.29 is 14.3 Å². The van der Waals surface area contributed by atoms with Crippen LogP contribution in [0.5, 0.6) is 5.75 Å². The Morgan fingerprint density at radius 3 is 2.56 bits per heavy atom. The van der Waals surface area contributed by atoms with Crippen LogP contribution in [0.2, 0.25) is 0 Å². The van der Waals surface area contributed by atoms with E-state index in [1.165, 1.54) is 5.56 Å². The molecule has 140 valence electrons. The molecule has 2 aromatic rings. The fraction of sp³-hybridized carbons (Fsp3) is 0.364. The summed E-state index contributed by atoms with van der Waals surface area (Å²) in [5.41, 5.74) is 3.46. The zero-order chi connectivity index (χ0) is 19.4. The summed E-state index contributed by atoms with van der Waals surface area (Å²) in [5, 5.41) is 8.85. The predicted molar refractivity (Wildman–Crippen MR) is 102 cm³/mol. The van der Waals surface area contributed by atoms with Crippen LogP contribution < -0.4 is 4.74 Å². The van der Waals surface area contributed by atoms with E-state index in [4.69, 9.17) is 14.7 Å². The number of benzene rings is 2. The summed E-state index contributed by atoms with van der Waals surface area (Å²) in [5.74, 6) is 0.768. The van der Waals surface area contributed by atoms with Gasteiger partial charge in [-0.2, -0.15) is 5.26 Å². The molecular weight excluding hydrogens is 340 g/mol. The first kappa shape index (κ1) is 18.8. The molecule has 0 unspecified atom stereocenters. The van der Waals surface area contributed by atoms with Gasteiger partial charge in [-0.15, -0.1) is 0 Å². The van der Waals surface area contributed by atoms with Crippen molar-refractivity contribution in [3.05, 3.63) is 64.7 Å². The van der Waals surface area contributed by atoms with E-state index in [0.29, 0.717) is 25.3 Å². The van der Waals surface area contributed by atoms with Gasteiger partial charge in [0.25, 0.3) is 0 Å². The molecule has 0 saturated carbocycles. The minimum Gasteiger partial charge on any atom is -0.489 e. The van der Waals surface area contributed by atoms with E-state index in [0.717, 1.165) is 23.3 Å². The van der Waals surface area contributed by atoms with Gasteiger partial charge in [-0.3, -0.25) is 0 Å².